The molecule has 3 N–H and O–H groups in total. The maximum Gasteiger partial charge on any atom is 0.259 e. The largest absolute Gasteiger partial charge is 0.595 e. The lowest BCUT2D eigenvalue weighted by atomic mass is 10.1. The Bertz CT molecular complexity index is 872. The monoisotopic (exact) mass is 299 g/mol. The van der Waals surface area contributed by atoms with E-state index in [4.69, 9.17) is 9.94 Å². The second-order valence-electron chi connectivity index (χ2n) is 4.68. The smallest absolute Gasteiger partial charge is 0.259 e. The zero-order valence-corrected chi connectivity index (χ0v) is 11.7. The average molecular weight is 299 g/mol. The number of methoxy groups -OCH3 is 1. The molecule has 0 aliphatic carbocycles. The second kappa shape index (κ2) is 5.57. The number of fused-ring (bicyclic) bond motifs is 1. The van der Waals surface area contributed by atoms with E-state index in [1.165, 1.54) is 18.2 Å². The highest BCUT2D eigenvalue weighted by Crippen LogP contribution is 2.20. The van der Waals surface area contributed by atoms with E-state index in [-0.39, 0.29) is 16.6 Å². The van der Waals surface area contributed by atoms with Gasteiger partial charge in [-0.1, -0.05) is 0 Å². The van der Waals surface area contributed by atoms with Crippen LogP contribution < -0.4 is 15.5 Å². The van der Waals surface area contributed by atoms with E-state index in [1.807, 2.05) is 0 Å². The minimum absolute atomic E-state index is 0.0528. The standard InChI is InChI=1S/C15H13N3O4/c1-22-11-5-2-9(3-6-11)14-16-13-7-4-10(18(20)21)8-12(13)15(19)17-14/h2-8,18,20H,1H3,(H,16,17,19). The van der Waals surface area contributed by atoms with Gasteiger partial charge in [0.25, 0.3) is 5.56 Å². The second-order valence-corrected chi connectivity index (χ2v) is 4.68. The fourth-order valence-electron chi connectivity index (χ4n) is 2.16. The Hall–Kier alpha value is -2.74. The molecule has 3 aromatic rings. The number of aromatic nitrogens is 2. The first-order chi connectivity index (χ1) is 10.6. The number of quaternary nitrogens is 1. The molecule has 7 nitrogen and oxygen atoms in total. The van der Waals surface area contributed by atoms with Crippen molar-refractivity contribution in [2.45, 2.75) is 0 Å². The van der Waals surface area contributed by atoms with Gasteiger partial charge in [0.05, 0.1) is 18.0 Å². The summed E-state index contributed by atoms with van der Waals surface area (Å²) in [5, 5.41) is 19.1. The van der Waals surface area contributed by atoms with Crippen molar-refractivity contribution in [2.24, 2.45) is 0 Å². The van der Waals surface area contributed by atoms with Crippen LogP contribution in [-0.2, 0) is 0 Å². The number of H-pyrrole nitrogens is 1. The van der Waals surface area contributed by atoms with Gasteiger partial charge in [-0.2, -0.15) is 5.23 Å². The van der Waals surface area contributed by atoms with Crippen LogP contribution in [0.5, 0.6) is 5.75 Å². The number of rotatable bonds is 3. The predicted molar refractivity (Wildman–Crippen MR) is 80.1 cm³/mol. The van der Waals surface area contributed by atoms with Gasteiger partial charge in [0.1, 0.15) is 11.6 Å². The molecule has 0 saturated carbocycles. The molecular formula is C15H13N3O4. The third-order valence-corrected chi connectivity index (χ3v) is 3.32. The average Bonchev–Trinajstić information content (AvgIpc) is 2.54. The van der Waals surface area contributed by atoms with E-state index in [0.717, 1.165) is 5.56 Å². The maximum atomic E-state index is 12.2. The lowest BCUT2D eigenvalue weighted by Crippen LogP contribution is -2.99. The molecule has 0 spiro atoms. The first-order valence-electron chi connectivity index (χ1n) is 6.50. The molecule has 0 radical (unpaired) electrons. The van der Waals surface area contributed by atoms with Crippen LogP contribution in [0.25, 0.3) is 22.3 Å². The Morgan fingerprint density at radius 1 is 1.23 bits per heavy atom. The molecule has 0 aliphatic rings. The third kappa shape index (κ3) is 2.56. The van der Waals surface area contributed by atoms with Crippen molar-refractivity contribution in [3.8, 4) is 17.1 Å². The quantitative estimate of drug-likeness (QED) is 0.626. The first kappa shape index (κ1) is 14.2. The van der Waals surface area contributed by atoms with Crippen molar-refractivity contribution >= 4 is 16.6 Å². The van der Waals surface area contributed by atoms with Gasteiger partial charge in [0.2, 0.25) is 0 Å². The van der Waals surface area contributed by atoms with E-state index in [2.05, 4.69) is 9.97 Å². The zero-order valence-electron chi connectivity index (χ0n) is 11.7. The number of aromatic amines is 1. The zero-order chi connectivity index (χ0) is 15.7. The fourth-order valence-corrected chi connectivity index (χ4v) is 2.16. The van der Waals surface area contributed by atoms with Crippen LogP contribution >= 0.6 is 0 Å². The van der Waals surface area contributed by atoms with E-state index in [9.17, 15) is 10.0 Å². The number of ether oxygens (including phenoxy) is 1. The van der Waals surface area contributed by atoms with Crippen molar-refractivity contribution in [3.05, 3.63) is 58.0 Å². The number of hydrogen-bond acceptors (Lipinski definition) is 5. The highest BCUT2D eigenvalue weighted by Gasteiger charge is 2.09. The summed E-state index contributed by atoms with van der Waals surface area (Å²) in [6.45, 7) is 0. The first-order valence-corrected chi connectivity index (χ1v) is 6.50. The SMILES string of the molecule is COc1ccc(-c2nc3ccc([NH+]([O-])O)cc3c(=O)[nH]2)cc1. The van der Waals surface area contributed by atoms with Crippen molar-refractivity contribution in [3.63, 3.8) is 0 Å². The molecule has 0 saturated heterocycles. The molecule has 1 aromatic heterocycles. The number of nitrogens with one attached hydrogen (secondary N) is 2. The molecule has 7 heteroatoms. The van der Waals surface area contributed by atoms with Crippen LogP contribution in [0.2, 0.25) is 0 Å². The lowest BCUT2D eigenvalue weighted by molar-refractivity contribution is -0.991. The molecular weight excluding hydrogens is 286 g/mol. The van der Waals surface area contributed by atoms with Crippen molar-refractivity contribution in [1.82, 2.24) is 9.97 Å². The molecule has 0 amide bonds. The Morgan fingerprint density at radius 3 is 2.59 bits per heavy atom. The predicted octanol–water partition coefficient (Wildman–Crippen LogP) is 1.00. The minimum atomic E-state index is -1.08. The summed E-state index contributed by atoms with van der Waals surface area (Å²) in [5.41, 5.74) is 0.859. The van der Waals surface area contributed by atoms with Crippen LogP contribution in [0.15, 0.2) is 47.3 Å². The Morgan fingerprint density at radius 2 is 1.95 bits per heavy atom. The van der Waals surface area contributed by atoms with Gasteiger partial charge < -0.3 is 14.9 Å². The Balaban J connectivity index is 2.12. The third-order valence-electron chi connectivity index (χ3n) is 3.32. The Kier molecular flexibility index (Phi) is 3.60. The summed E-state index contributed by atoms with van der Waals surface area (Å²) in [4.78, 5) is 19.2. The summed E-state index contributed by atoms with van der Waals surface area (Å²) < 4.78 is 5.09. The van der Waals surface area contributed by atoms with Gasteiger partial charge in [0, 0.05) is 17.7 Å². The highest BCUT2D eigenvalue weighted by molar-refractivity contribution is 5.81. The van der Waals surface area contributed by atoms with E-state index in [1.54, 1.807) is 31.4 Å². The molecule has 0 fully saturated rings. The van der Waals surface area contributed by atoms with E-state index >= 15 is 0 Å². The van der Waals surface area contributed by atoms with Crippen molar-refractivity contribution < 1.29 is 15.2 Å². The number of benzene rings is 2. The highest BCUT2D eigenvalue weighted by atomic mass is 16.8. The van der Waals surface area contributed by atoms with Gasteiger partial charge in [0.15, 0.2) is 5.69 Å². The fraction of sp³-hybridized carbons (Fsp3) is 0.0667. The minimum Gasteiger partial charge on any atom is -0.595 e. The van der Waals surface area contributed by atoms with Gasteiger partial charge in [-0.3, -0.25) is 4.79 Å². The number of nitrogens with zero attached hydrogens (tertiary/aromatic N) is 1. The molecule has 112 valence electrons. The van der Waals surface area contributed by atoms with Crippen molar-refractivity contribution in [1.29, 1.82) is 0 Å². The molecule has 1 unspecified atom stereocenters. The lowest BCUT2D eigenvalue weighted by Gasteiger charge is -2.11. The van der Waals surface area contributed by atoms with Crippen LogP contribution in [0.4, 0.5) is 5.69 Å². The van der Waals surface area contributed by atoms with Crippen molar-refractivity contribution in [2.75, 3.05) is 7.11 Å². The van der Waals surface area contributed by atoms with Gasteiger partial charge in [-0.15, -0.1) is 0 Å². The summed E-state index contributed by atoms with van der Waals surface area (Å²) >= 11 is 0. The maximum absolute atomic E-state index is 12.2. The molecule has 2 aromatic carbocycles. The van der Waals surface area contributed by atoms with E-state index in [0.29, 0.717) is 17.1 Å². The van der Waals surface area contributed by atoms with Gasteiger partial charge in [-0.05, 0) is 30.3 Å². The summed E-state index contributed by atoms with van der Waals surface area (Å²) in [6.07, 6.45) is 0. The molecule has 1 atom stereocenters. The van der Waals surface area contributed by atoms with Crippen LogP contribution in [-0.4, -0.2) is 22.3 Å². The number of hydrogen-bond donors (Lipinski definition) is 3. The topological polar surface area (TPSA) is 103 Å². The Labute approximate surface area is 125 Å². The molecule has 0 bridgehead atoms. The molecule has 22 heavy (non-hydrogen) atoms. The molecule has 3 rings (SSSR count). The summed E-state index contributed by atoms with van der Waals surface area (Å²) in [7, 11) is 1.57. The summed E-state index contributed by atoms with van der Waals surface area (Å²) in [5.74, 6) is 1.13. The normalized spacial score (nSPS) is 12.3. The molecule has 0 aliphatic heterocycles. The van der Waals surface area contributed by atoms with Crippen LogP contribution in [0.3, 0.4) is 0 Å². The van der Waals surface area contributed by atoms with Crippen LogP contribution in [0.1, 0.15) is 0 Å². The van der Waals surface area contributed by atoms with E-state index < -0.39 is 5.23 Å². The molecule has 1 heterocycles. The van der Waals surface area contributed by atoms with Gasteiger partial charge >= 0.3 is 0 Å². The summed E-state index contributed by atoms with van der Waals surface area (Å²) in [6, 6.07) is 11.4. The van der Waals surface area contributed by atoms with Gasteiger partial charge in [-0.25, -0.2) is 10.2 Å². The van der Waals surface area contributed by atoms with Crippen LogP contribution in [0, 0.1) is 5.21 Å².